The Hall–Kier alpha value is -1.62. The third-order valence-electron chi connectivity index (χ3n) is 2.36. The summed E-state index contributed by atoms with van der Waals surface area (Å²) in [5.74, 6) is -1.21. The average Bonchev–Trinajstić information content (AvgIpc) is 2.31. The van der Waals surface area contributed by atoms with E-state index < -0.39 is 24.0 Å². The summed E-state index contributed by atoms with van der Waals surface area (Å²) in [6.07, 6.45) is -1.63. The molecule has 18 heavy (non-hydrogen) atoms. The lowest BCUT2D eigenvalue weighted by molar-refractivity contribution is -0.150. The molecular formula is C13H17FO4. The number of esters is 1. The van der Waals surface area contributed by atoms with E-state index in [0.717, 1.165) is 0 Å². The molecule has 1 N–H and O–H groups in total. The van der Waals surface area contributed by atoms with Crippen LogP contribution in [-0.4, -0.2) is 23.8 Å². The summed E-state index contributed by atoms with van der Waals surface area (Å²) in [6, 6.07) is 4.10. The van der Waals surface area contributed by atoms with Gasteiger partial charge in [0.2, 0.25) is 0 Å². The van der Waals surface area contributed by atoms with Gasteiger partial charge in [0.15, 0.2) is 17.7 Å². The third kappa shape index (κ3) is 3.70. The van der Waals surface area contributed by atoms with Gasteiger partial charge in [0.25, 0.3) is 0 Å². The fourth-order valence-corrected chi connectivity index (χ4v) is 1.37. The molecule has 0 spiro atoms. The fourth-order valence-electron chi connectivity index (χ4n) is 1.37. The van der Waals surface area contributed by atoms with Crippen LogP contribution in [0.2, 0.25) is 0 Å². The molecule has 0 fully saturated rings. The van der Waals surface area contributed by atoms with Gasteiger partial charge in [-0.15, -0.1) is 0 Å². The normalized spacial score (nSPS) is 13.8. The number of hydrogen-bond donors (Lipinski definition) is 1. The van der Waals surface area contributed by atoms with Crippen LogP contribution in [0.3, 0.4) is 0 Å². The number of aliphatic hydroxyl groups is 1. The van der Waals surface area contributed by atoms with Gasteiger partial charge < -0.3 is 14.6 Å². The lowest BCUT2D eigenvalue weighted by Gasteiger charge is -2.14. The van der Waals surface area contributed by atoms with E-state index in [9.17, 15) is 14.3 Å². The van der Waals surface area contributed by atoms with Crippen LogP contribution in [0.15, 0.2) is 18.2 Å². The standard InChI is InChI=1S/C13H17FO4/c1-4-17-13(16)9(3)18-12-6-5-10(8(2)15)7-11(12)14/h5-9,15H,4H2,1-3H3/t8-,9?/m0/s1. The third-order valence-corrected chi connectivity index (χ3v) is 2.36. The van der Waals surface area contributed by atoms with E-state index in [2.05, 4.69) is 0 Å². The minimum atomic E-state index is -0.878. The zero-order valence-corrected chi connectivity index (χ0v) is 10.6. The number of ether oxygens (including phenoxy) is 2. The van der Waals surface area contributed by atoms with Gasteiger partial charge in [-0.2, -0.15) is 0 Å². The maximum Gasteiger partial charge on any atom is 0.347 e. The molecule has 1 rings (SSSR count). The Kier molecular flexibility index (Phi) is 5.09. The maximum absolute atomic E-state index is 13.6. The zero-order valence-electron chi connectivity index (χ0n) is 10.6. The molecular weight excluding hydrogens is 239 g/mol. The Balaban J connectivity index is 2.76. The number of carbonyl (C=O) groups is 1. The van der Waals surface area contributed by atoms with E-state index in [4.69, 9.17) is 9.47 Å². The van der Waals surface area contributed by atoms with Crippen molar-refractivity contribution in [3.63, 3.8) is 0 Å². The van der Waals surface area contributed by atoms with Gasteiger partial charge in [-0.3, -0.25) is 0 Å². The first-order chi connectivity index (χ1) is 8.45. The molecule has 5 heteroatoms. The molecule has 1 aromatic rings. The van der Waals surface area contributed by atoms with Gasteiger partial charge in [0.1, 0.15) is 0 Å². The summed E-state index contributed by atoms with van der Waals surface area (Å²) in [5, 5.41) is 9.30. The van der Waals surface area contributed by atoms with Gasteiger partial charge >= 0.3 is 5.97 Å². The predicted molar refractivity (Wildman–Crippen MR) is 63.8 cm³/mol. The van der Waals surface area contributed by atoms with E-state index in [1.807, 2.05) is 0 Å². The van der Waals surface area contributed by atoms with Crippen LogP contribution < -0.4 is 4.74 Å². The van der Waals surface area contributed by atoms with E-state index in [1.54, 1.807) is 13.0 Å². The SMILES string of the molecule is CCOC(=O)C(C)Oc1ccc([C@H](C)O)cc1F. The molecule has 0 amide bonds. The molecule has 1 unspecified atom stereocenters. The van der Waals surface area contributed by atoms with Gasteiger partial charge in [-0.1, -0.05) is 6.07 Å². The van der Waals surface area contributed by atoms with E-state index in [0.29, 0.717) is 5.56 Å². The minimum absolute atomic E-state index is 0.0417. The van der Waals surface area contributed by atoms with Crippen molar-refractivity contribution in [3.8, 4) is 5.75 Å². The molecule has 0 saturated heterocycles. The molecule has 0 saturated carbocycles. The van der Waals surface area contributed by atoms with Crippen molar-refractivity contribution in [2.24, 2.45) is 0 Å². The molecule has 0 aliphatic carbocycles. The first-order valence-electron chi connectivity index (χ1n) is 5.76. The number of carbonyl (C=O) groups excluding carboxylic acids is 1. The highest BCUT2D eigenvalue weighted by molar-refractivity contribution is 5.74. The molecule has 0 aliphatic rings. The second-order valence-electron chi connectivity index (χ2n) is 3.88. The van der Waals surface area contributed by atoms with Crippen molar-refractivity contribution >= 4 is 5.97 Å². The van der Waals surface area contributed by atoms with Crippen LogP contribution in [-0.2, 0) is 9.53 Å². The summed E-state index contributed by atoms with van der Waals surface area (Å²) in [5.41, 5.74) is 0.448. The molecule has 2 atom stereocenters. The molecule has 0 aliphatic heterocycles. The molecule has 0 radical (unpaired) electrons. The van der Waals surface area contributed by atoms with E-state index >= 15 is 0 Å². The summed E-state index contributed by atoms with van der Waals surface area (Å²) in [4.78, 5) is 11.3. The highest BCUT2D eigenvalue weighted by atomic mass is 19.1. The first-order valence-corrected chi connectivity index (χ1v) is 5.76. The van der Waals surface area contributed by atoms with Crippen LogP contribution in [0.25, 0.3) is 0 Å². The van der Waals surface area contributed by atoms with Crippen LogP contribution in [0.5, 0.6) is 5.75 Å². The first kappa shape index (κ1) is 14.4. The van der Waals surface area contributed by atoms with Crippen LogP contribution in [0.1, 0.15) is 32.4 Å². The monoisotopic (exact) mass is 256 g/mol. The topological polar surface area (TPSA) is 55.8 Å². The van der Waals surface area contributed by atoms with Crippen molar-refractivity contribution in [2.45, 2.75) is 33.0 Å². The number of hydrogen-bond acceptors (Lipinski definition) is 4. The summed E-state index contributed by atoms with van der Waals surface area (Å²) in [7, 11) is 0. The van der Waals surface area contributed by atoms with Crippen molar-refractivity contribution < 1.29 is 23.8 Å². The molecule has 1 aromatic carbocycles. The Morgan fingerprint density at radius 1 is 1.44 bits per heavy atom. The average molecular weight is 256 g/mol. The highest BCUT2D eigenvalue weighted by Gasteiger charge is 2.18. The quantitative estimate of drug-likeness (QED) is 0.821. The molecule has 0 aromatic heterocycles. The number of aliphatic hydroxyl groups excluding tert-OH is 1. The Labute approximate surface area is 105 Å². The second kappa shape index (κ2) is 6.35. The minimum Gasteiger partial charge on any atom is -0.476 e. The maximum atomic E-state index is 13.6. The van der Waals surface area contributed by atoms with Gasteiger partial charge in [-0.25, -0.2) is 9.18 Å². The van der Waals surface area contributed by atoms with E-state index in [-0.39, 0.29) is 12.4 Å². The molecule has 100 valence electrons. The smallest absolute Gasteiger partial charge is 0.347 e. The van der Waals surface area contributed by atoms with Crippen molar-refractivity contribution in [1.82, 2.24) is 0 Å². The van der Waals surface area contributed by atoms with Crippen LogP contribution in [0.4, 0.5) is 4.39 Å². The van der Waals surface area contributed by atoms with Crippen molar-refractivity contribution in [1.29, 1.82) is 0 Å². The Morgan fingerprint density at radius 3 is 2.61 bits per heavy atom. The summed E-state index contributed by atoms with van der Waals surface area (Å²) >= 11 is 0. The van der Waals surface area contributed by atoms with Gasteiger partial charge in [-0.05, 0) is 38.5 Å². The number of halogens is 1. The molecule has 0 bridgehead atoms. The van der Waals surface area contributed by atoms with Gasteiger partial charge in [0, 0.05) is 0 Å². The number of benzene rings is 1. The Bertz CT molecular complexity index is 417. The highest BCUT2D eigenvalue weighted by Crippen LogP contribution is 2.23. The summed E-state index contributed by atoms with van der Waals surface area (Å²) < 4.78 is 23.5. The van der Waals surface area contributed by atoms with Crippen LogP contribution >= 0.6 is 0 Å². The summed E-state index contributed by atoms with van der Waals surface area (Å²) in [6.45, 7) is 4.95. The molecule has 4 nitrogen and oxygen atoms in total. The lowest BCUT2D eigenvalue weighted by Crippen LogP contribution is -2.26. The zero-order chi connectivity index (χ0) is 13.7. The van der Waals surface area contributed by atoms with Crippen LogP contribution in [0, 0.1) is 5.82 Å². The van der Waals surface area contributed by atoms with Crippen molar-refractivity contribution in [2.75, 3.05) is 6.61 Å². The lowest BCUT2D eigenvalue weighted by atomic mass is 10.1. The largest absolute Gasteiger partial charge is 0.476 e. The molecule has 0 heterocycles. The second-order valence-corrected chi connectivity index (χ2v) is 3.88. The number of rotatable bonds is 5. The predicted octanol–water partition coefficient (Wildman–Crippen LogP) is 2.21. The Morgan fingerprint density at radius 2 is 2.11 bits per heavy atom. The van der Waals surface area contributed by atoms with Crippen molar-refractivity contribution in [3.05, 3.63) is 29.6 Å². The van der Waals surface area contributed by atoms with Gasteiger partial charge in [0.05, 0.1) is 12.7 Å². The fraction of sp³-hybridized carbons (Fsp3) is 0.462. The van der Waals surface area contributed by atoms with E-state index in [1.165, 1.54) is 26.0 Å².